The van der Waals surface area contributed by atoms with Gasteiger partial charge >= 0.3 is 0 Å². The van der Waals surface area contributed by atoms with E-state index in [1.807, 2.05) is 18.2 Å². The second kappa shape index (κ2) is 6.44. The van der Waals surface area contributed by atoms with E-state index in [4.69, 9.17) is 17.3 Å². The summed E-state index contributed by atoms with van der Waals surface area (Å²) in [7, 11) is 6.54. The van der Waals surface area contributed by atoms with Crippen LogP contribution in [-0.2, 0) is 0 Å². The summed E-state index contributed by atoms with van der Waals surface area (Å²) in [5, 5.41) is 0.778. The lowest BCUT2D eigenvalue weighted by atomic mass is 9.75. The van der Waals surface area contributed by atoms with Crippen molar-refractivity contribution >= 4 is 11.6 Å². The number of nitrogens with zero attached hydrogens (tertiary/aromatic N) is 2. The molecule has 4 heteroatoms. The smallest absolute Gasteiger partial charge is 0.0468 e. The molecule has 0 spiro atoms. The molecule has 2 rings (SSSR count). The number of likely N-dealkylation sites (N-methyl/N-ethyl adjacent to an activating group) is 2. The number of halogens is 1. The van der Waals surface area contributed by atoms with Crippen molar-refractivity contribution in [3.05, 3.63) is 34.9 Å². The van der Waals surface area contributed by atoms with Crippen LogP contribution in [0.5, 0.6) is 0 Å². The Labute approximate surface area is 127 Å². The monoisotopic (exact) mass is 295 g/mol. The fourth-order valence-electron chi connectivity index (χ4n) is 3.19. The molecule has 1 aromatic rings. The van der Waals surface area contributed by atoms with Gasteiger partial charge in [-0.3, -0.25) is 4.90 Å². The predicted octanol–water partition coefficient (Wildman–Crippen LogP) is 2.76. The average molecular weight is 296 g/mol. The van der Waals surface area contributed by atoms with Gasteiger partial charge in [-0.05, 0) is 58.1 Å². The summed E-state index contributed by atoms with van der Waals surface area (Å²) in [6.07, 6.45) is 3.88. The fraction of sp³-hybridized carbons (Fsp3) is 0.625. The van der Waals surface area contributed by atoms with Crippen LogP contribution in [0, 0.1) is 0 Å². The van der Waals surface area contributed by atoms with Crippen molar-refractivity contribution in [2.75, 3.05) is 34.2 Å². The summed E-state index contributed by atoms with van der Waals surface area (Å²) in [5.74, 6) is 0. The molecule has 0 aromatic heterocycles. The molecule has 1 unspecified atom stereocenters. The molecule has 1 fully saturated rings. The van der Waals surface area contributed by atoms with Crippen molar-refractivity contribution in [3.8, 4) is 0 Å². The minimum Gasteiger partial charge on any atom is -0.329 e. The highest BCUT2D eigenvalue weighted by Gasteiger charge is 2.40. The highest BCUT2D eigenvalue weighted by Crippen LogP contribution is 2.38. The molecule has 1 aromatic carbocycles. The second-order valence-corrected chi connectivity index (χ2v) is 6.63. The number of hydrogen-bond donors (Lipinski definition) is 1. The van der Waals surface area contributed by atoms with Crippen molar-refractivity contribution in [2.45, 2.75) is 30.8 Å². The van der Waals surface area contributed by atoms with Gasteiger partial charge in [0, 0.05) is 29.7 Å². The van der Waals surface area contributed by atoms with Crippen LogP contribution in [0.4, 0.5) is 0 Å². The van der Waals surface area contributed by atoms with Crippen LogP contribution in [0.15, 0.2) is 24.3 Å². The van der Waals surface area contributed by atoms with Crippen molar-refractivity contribution in [1.82, 2.24) is 9.80 Å². The first-order valence-electron chi connectivity index (χ1n) is 7.32. The van der Waals surface area contributed by atoms with Gasteiger partial charge in [0.25, 0.3) is 0 Å². The lowest BCUT2D eigenvalue weighted by Crippen LogP contribution is -2.57. The van der Waals surface area contributed by atoms with Crippen molar-refractivity contribution in [2.24, 2.45) is 5.73 Å². The first-order valence-corrected chi connectivity index (χ1v) is 7.69. The van der Waals surface area contributed by atoms with E-state index in [-0.39, 0.29) is 6.04 Å². The van der Waals surface area contributed by atoms with Crippen LogP contribution in [0.25, 0.3) is 0 Å². The Balaban J connectivity index is 2.11. The third-order valence-corrected chi connectivity index (χ3v) is 5.00. The molecule has 1 aliphatic rings. The Hall–Kier alpha value is -0.610. The average Bonchev–Trinajstić information content (AvgIpc) is 2.34. The Morgan fingerprint density at radius 3 is 2.45 bits per heavy atom. The number of hydrogen-bond acceptors (Lipinski definition) is 3. The molecule has 112 valence electrons. The van der Waals surface area contributed by atoms with Gasteiger partial charge in [0.05, 0.1) is 0 Å². The van der Waals surface area contributed by atoms with E-state index in [0.717, 1.165) is 11.6 Å². The standard InChI is InChI=1S/C16H26ClN3/c1-19(2)16(8-5-9-16)12-20(3)15(11-18)13-6-4-7-14(17)10-13/h4,6-7,10,15H,5,8-9,11-12,18H2,1-3H3. The highest BCUT2D eigenvalue weighted by atomic mass is 35.5. The summed E-state index contributed by atoms with van der Waals surface area (Å²) >= 11 is 6.11. The molecule has 0 aliphatic heterocycles. The van der Waals surface area contributed by atoms with Gasteiger partial charge in [-0.1, -0.05) is 23.7 Å². The quantitative estimate of drug-likeness (QED) is 0.876. The SMILES string of the molecule is CN(CC1(N(C)C)CCC1)C(CN)c1cccc(Cl)c1. The molecule has 0 radical (unpaired) electrons. The van der Waals surface area contributed by atoms with Crippen LogP contribution in [0.3, 0.4) is 0 Å². The third-order valence-electron chi connectivity index (χ3n) is 4.77. The zero-order valence-corrected chi connectivity index (χ0v) is 13.5. The van der Waals surface area contributed by atoms with E-state index in [9.17, 15) is 0 Å². The van der Waals surface area contributed by atoms with E-state index < -0.39 is 0 Å². The summed E-state index contributed by atoms with van der Waals surface area (Å²) in [5.41, 5.74) is 7.54. The molecule has 0 heterocycles. The van der Waals surface area contributed by atoms with Gasteiger partial charge in [-0.25, -0.2) is 0 Å². The van der Waals surface area contributed by atoms with Crippen LogP contribution in [-0.4, -0.2) is 49.6 Å². The van der Waals surface area contributed by atoms with E-state index in [2.05, 4.69) is 37.0 Å². The summed E-state index contributed by atoms with van der Waals surface area (Å²) in [4.78, 5) is 4.75. The van der Waals surface area contributed by atoms with Crippen molar-refractivity contribution in [1.29, 1.82) is 0 Å². The van der Waals surface area contributed by atoms with Crippen LogP contribution in [0.1, 0.15) is 30.9 Å². The van der Waals surface area contributed by atoms with Crippen LogP contribution >= 0.6 is 11.6 Å². The van der Waals surface area contributed by atoms with Crippen molar-refractivity contribution in [3.63, 3.8) is 0 Å². The molecule has 0 bridgehead atoms. The molecule has 2 N–H and O–H groups in total. The largest absolute Gasteiger partial charge is 0.329 e. The topological polar surface area (TPSA) is 32.5 Å². The summed E-state index contributed by atoms with van der Waals surface area (Å²) in [6.45, 7) is 1.66. The molecule has 0 saturated heterocycles. The summed E-state index contributed by atoms with van der Waals surface area (Å²) < 4.78 is 0. The van der Waals surface area contributed by atoms with Gasteiger partial charge < -0.3 is 10.6 Å². The Morgan fingerprint density at radius 2 is 2.00 bits per heavy atom. The first-order chi connectivity index (χ1) is 9.48. The zero-order valence-electron chi connectivity index (χ0n) is 12.8. The Morgan fingerprint density at radius 1 is 1.30 bits per heavy atom. The predicted molar refractivity (Wildman–Crippen MR) is 86.1 cm³/mol. The van der Waals surface area contributed by atoms with E-state index in [1.54, 1.807) is 0 Å². The maximum atomic E-state index is 6.11. The molecule has 0 amide bonds. The number of benzene rings is 1. The molecular formula is C16H26ClN3. The number of nitrogens with two attached hydrogens (primary N) is 1. The van der Waals surface area contributed by atoms with Gasteiger partial charge in [0.15, 0.2) is 0 Å². The Bertz CT molecular complexity index is 443. The lowest BCUT2D eigenvalue weighted by molar-refractivity contribution is 0.0168. The minimum atomic E-state index is 0.228. The molecule has 1 saturated carbocycles. The van der Waals surface area contributed by atoms with Crippen LogP contribution < -0.4 is 5.73 Å². The van der Waals surface area contributed by atoms with Crippen LogP contribution in [0.2, 0.25) is 5.02 Å². The molecule has 1 atom stereocenters. The normalized spacial score (nSPS) is 19.1. The molecule has 20 heavy (non-hydrogen) atoms. The minimum absolute atomic E-state index is 0.228. The van der Waals surface area contributed by atoms with Crippen molar-refractivity contribution < 1.29 is 0 Å². The van der Waals surface area contributed by atoms with E-state index >= 15 is 0 Å². The van der Waals surface area contributed by atoms with E-state index in [0.29, 0.717) is 12.1 Å². The zero-order chi connectivity index (χ0) is 14.8. The second-order valence-electron chi connectivity index (χ2n) is 6.19. The van der Waals surface area contributed by atoms with Gasteiger partial charge in [-0.15, -0.1) is 0 Å². The van der Waals surface area contributed by atoms with Gasteiger partial charge in [0.1, 0.15) is 0 Å². The molecular weight excluding hydrogens is 270 g/mol. The van der Waals surface area contributed by atoms with Gasteiger partial charge in [0.2, 0.25) is 0 Å². The maximum Gasteiger partial charge on any atom is 0.0468 e. The molecule has 1 aliphatic carbocycles. The highest BCUT2D eigenvalue weighted by molar-refractivity contribution is 6.30. The third kappa shape index (κ3) is 3.17. The summed E-state index contributed by atoms with van der Waals surface area (Å²) in [6, 6.07) is 8.28. The first kappa shape index (κ1) is 15.8. The molecule has 3 nitrogen and oxygen atoms in total. The van der Waals surface area contributed by atoms with Gasteiger partial charge in [-0.2, -0.15) is 0 Å². The van der Waals surface area contributed by atoms with E-state index in [1.165, 1.54) is 24.8 Å². The maximum absolute atomic E-state index is 6.11. The lowest BCUT2D eigenvalue weighted by Gasteiger charge is -2.50. The fourth-order valence-corrected chi connectivity index (χ4v) is 3.39. The Kier molecular flexibility index (Phi) is 5.08. The number of rotatable bonds is 6.